The Bertz CT molecular complexity index is 641. The van der Waals surface area contributed by atoms with Gasteiger partial charge in [0.05, 0.1) is 36.0 Å². The van der Waals surface area contributed by atoms with Crippen LogP contribution < -0.4 is 0 Å². The zero-order valence-electron chi connectivity index (χ0n) is 10.5. The van der Waals surface area contributed by atoms with E-state index in [2.05, 4.69) is 0 Å². The molecule has 1 atom stereocenters. The van der Waals surface area contributed by atoms with E-state index in [1.54, 1.807) is 0 Å². The molecule has 1 aromatic rings. The number of hydrogen-bond acceptors (Lipinski definition) is 5. The number of aliphatic hydroxyl groups is 1. The van der Waals surface area contributed by atoms with Gasteiger partial charge in [0.15, 0.2) is 0 Å². The molecule has 0 bridgehead atoms. The molecule has 8 heteroatoms. The summed E-state index contributed by atoms with van der Waals surface area (Å²) in [5, 5.41) is 18.0. The molecule has 1 aliphatic rings. The molecule has 0 aromatic heterocycles. The van der Waals surface area contributed by atoms with Crippen molar-refractivity contribution in [2.45, 2.75) is 11.0 Å². The SMILES string of the molecule is N#Cc1ccc(Cl)c(S(=O)(=O)N2CCOC(CO)C2)c1. The van der Waals surface area contributed by atoms with Crippen molar-refractivity contribution < 1.29 is 18.3 Å². The fourth-order valence-corrected chi connectivity index (χ4v) is 3.89. The number of nitriles is 1. The topological polar surface area (TPSA) is 90.6 Å². The molecule has 1 aromatic carbocycles. The van der Waals surface area contributed by atoms with Crippen LogP contribution in [-0.4, -0.2) is 50.2 Å². The zero-order valence-corrected chi connectivity index (χ0v) is 12.1. The van der Waals surface area contributed by atoms with E-state index >= 15 is 0 Å². The minimum atomic E-state index is -3.81. The first-order chi connectivity index (χ1) is 9.48. The Hall–Kier alpha value is -1.17. The molecule has 1 saturated heterocycles. The van der Waals surface area contributed by atoms with Gasteiger partial charge >= 0.3 is 0 Å². The van der Waals surface area contributed by atoms with Crippen LogP contribution in [0, 0.1) is 11.3 Å². The minimum Gasteiger partial charge on any atom is -0.394 e. The number of morpholine rings is 1. The molecule has 6 nitrogen and oxygen atoms in total. The van der Waals surface area contributed by atoms with Gasteiger partial charge in [0.25, 0.3) is 0 Å². The summed E-state index contributed by atoms with van der Waals surface area (Å²) >= 11 is 5.93. The zero-order chi connectivity index (χ0) is 14.8. The molecule has 108 valence electrons. The number of aliphatic hydroxyl groups excluding tert-OH is 1. The standard InChI is InChI=1S/C12H13ClN2O4S/c13-11-2-1-9(6-14)5-12(11)20(17,18)15-3-4-19-10(7-15)8-16/h1-2,5,10,16H,3-4,7-8H2. The first-order valence-electron chi connectivity index (χ1n) is 5.91. The van der Waals surface area contributed by atoms with Crippen LogP contribution in [0.1, 0.15) is 5.56 Å². The van der Waals surface area contributed by atoms with E-state index in [0.717, 1.165) is 0 Å². The monoisotopic (exact) mass is 316 g/mol. The van der Waals surface area contributed by atoms with Crippen LogP contribution >= 0.6 is 11.6 Å². The third-order valence-corrected chi connectivity index (χ3v) is 5.33. The van der Waals surface area contributed by atoms with Crippen LogP contribution in [0.15, 0.2) is 23.1 Å². The predicted octanol–water partition coefficient (Wildman–Crippen LogP) is 0.593. The number of halogens is 1. The van der Waals surface area contributed by atoms with Crippen molar-refractivity contribution in [3.05, 3.63) is 28.8 Å². The molecule has 1 N–H and O–H groups in total. The quantitative estimate of drug-likeness (QED) is 0.881. The van der Waals surface area contributed by atoms with Crippen molar-refractivity contribution in [3.8, 4) is 6.07 Å². The van der Waals surface area contributed by atoms with E-state index in [0.29, 0.717) is 0 Å². The highest BCUT2D eigenvalue weighted by Gasteiger charge is 2.32. The van der Waals surface area contributed by atoms with E-state index in [1.165, 1.54) is 22.5 Å². The second-order valence-electron chi connectivity index (χ2n) is 4.30. The molecule has 2 rings (SSSR count). The maximum atomic E-state index is 12.5. The number of sulfonamides is 1. The summed E-state index contributed by atoms with van der Waals surface area (Å²) in [4.78, 5) is -0.100. The van der Waals surface area contributed by atoms with Gasteiger partial charge in [-0.05, 0) is 18.2 Å². The van der Waals surface area contributed by atoms with E-state index in [-0.39, 0.29) is 41.8 Å². The lowest BCUT2D eigenvalue weighted by atomic mass is 10.2. The predicted molar refractivity (Wildman–Crippen MR) is 71.8 cm³/mol. The summed E-state index contributed by atoms with van der Waals surface area (Å²) < 4.78 is 31.5. The highest BCUT2D eigenvalue weighted by atomic mass is 35.5. The minimum absolute atomic E-state index is 0.0615. The Balaban J connectivity index is 2.37. The number of benzene rings is 1. The molecule has 0 saturated carbocycles. The van der Waals surface area contributed by atoms with E-state index in [4.69, 9.17) is 26.7 Å². The highest BCUT2D eigenvalue weighted by Crippen LogP contribution is 2.26. The first-order valence-corrected chi connectivity index (χ1v) is 7.73. The van der Waals surface area contributed by atoms with Gasteiger partial charge in [0, 0.05) is 13.1 Å². The van der Waals surface area contributed by atoms with Crippen molar-refractivity contribution in [3.63, 3.8) is 0 Å². The number of rotatable bonds is 3. The smallest absolute Gasteiger partial charge is 0.244 e. The second-order valence-corrected chi connectivity index (χ2v) is 6.61. The fourth-order valence-electron chi connectivity index (χ4n) is 1.93. The summed E-state index contributed by atoms with van der Waals surface area (Å²) in [6.45, 7) is 0.204. The van der Waals surface area contributed by atoms with Crippen LogP contribution in [0.5, 0.6) is 0 Å². The van der Waals surface area contributed by atoms with Gasteiger partial charge in [0.2, 0.25) is 10.0 Å². The van der Waals surface area contributed by atoms with Gasteiger partial charge in [-0.25, -0.2) is 8.42 Å². The Labute approximate surface area is 122 Å². The Morgan fingerprint density at radius 3 is 2.95 bits per heavy atom. The van der Waals surface area contributed by atoms with Crippen molar-refractivity contribution in [2.24, 2.45) is 0 Å². The van der Waals surface area contributed by atoms with Gasteiger partial charge in [-0.1, -0.05) is 11.6 Å². The molecular formula is C12H13ClN2O4S. The lowest BCUT2D eigenvalue weighted by molar-refractivity contribution is -0.0304. The summed E-state index contributed by atoms with van der Waals surface area (Å²) in [6, 6.07) is 5.98. The van der Waals surface area contributed by atoms with Crippen molar-refractivity contribution in [1.82, 2.24) is 4.31 Å². The van der Waals surface area contributed by atoms with E-state index in [1.807, 2.05) is 6.07 Å². The van der Waals surface area contributed by atoms with Gasteiger partial charge in [-0.15, -0.1) is 0 Å². The summed E-state index contributed by atoms with van der Waals surface area (Å²) in [5.41, 5.74) is 0.222. The number of nitrogens with zero attached hydrogens (tertiary/aromatic N) is 2. The highest BCUT2D eigenvalue weighted by molar-refractivity contribution is 7.89. The fraction of sp³-hybridized carbons (Fsp3) is 0.417. The second kappa shape index (κ2) is 6.08. The average molecular weight is 317 g/mol. The van der Waals surface area contributed by atoms with Crippen molar-refractivity contribution in [2.75, 3.05) is 26.3 Å². The number of hydrogen-bond donors (Lipinski definition) is 1. The third kappa shape index (κ3) is 2.95. The molecule has 0 radical (unpaired) electrons. The molecular weight excluding hydrogens is 304 g/mol. The van der Waals surface area contributed by atoms with Gasteiger partial charge in [-0.3, -0.25) is 0 Å². The van der Waals surface area contributed by atoms with Gasteiger partial charge < -0.3 is 9.84 Å². The van der Waals surface area contributed by atoms with E-state index < -0.39 is 16.1 Å². The summed E-state index contributed by atoms with van der Waals surface area (Å²) in [5.74, 6) is 0. The molecule has 0 amide bonds. The number of ether oxygens (including phenoxy) is 1. The largest absolute Gasteiger partial charge is 0.394 e. The molecule has 1 heterocycles. The Morgan fingerprint density at radius 1 is 1.55 bits per heavy atom. The van der Waals surface area contributed by atoms with Crippen LogP contribution in [-0.2, 0) is 14.8 Å². The Morgan fingerprint density at radius 2 is 2.30 bits per heavy atom. The van der Waals surface area contributed by atoms with Crippen molar-refractivity contribution >= 4 is 21.6 Å². The lowest BCUT2D eigenvalue weighted by Crippen LogP contribution is -2.46. The normalized spacial score (nSPS) is 20.6. The molecule has 1 aliphatic heterocycles. The lowest BCUT2D eigenvalue weighted by Gasteiger charge is -2.31. The van der Waals surface area contributed by atoms with Crippen LogP contribution in [0.4, 0.5) is 0 Å². The summed E-state index contributed by atoms with van der Waals surface area (Å²) in [6.07, 6.45) is -0.545. The molecule has 20 heavy (non-hydrogen) atoms. The Kier molecular flexibility index (Phi) is 4.62. The van der Waals surface area contributed by atoms with Gasteiger partial charge in [0.1, 0.15) is 4.90 Å². The van der Waals surface area contributed by atoms with Gasteiger partial charge in [-0.2, -0.15) is 9.57 Å². The van der Waals surface area contributed by atoms with Crippen molar-refractivity contribution in [1.29, 1.82) is 5.26 Å². The summed E-state index contributed by atoms with van der Waals surface area (Å²) in [7, 11) is -3.81. The molecule has 1 unspecified atom stereocenters. The third-order valence-electron chi connectivity index (χ3n) is 2.98. The van der Waals surface area contributed by atoms with Crippen LogP contribution in [0.25, 0.3) is 0 Å². The molecule has 0 aliphatic carbocycles. The van der Waals surface area contributed by atoms with E-state index in [9.17, 15) is 8.42 Å². The van der Waals surface area contributed by atoms with Crippen LogP contribution in [0.3, 0.4) is 0 Å². The first kappa shape index (κ1) is 15.2. The van der Waals surface area contributed by atoms with Crippen LogP contribution in [0.2, 0.25) is 5.02 Å². The maximum absolute atomic E-state index is 12.5. The average Bonchev–Trinajstić information content (AvgIpc) is 2.47. The molecule has 0 spiro atoms. The maximum Gasteiger partial charge on any atom is 0.244 e. The molecule has 1 fully saturated rings.